The lowest BCUT2D eigenvalue weighted by molar-refractivity contribution is -0.134. The first kappa shape index (κ1) is 17.0. The molecular weight excluding hydrogens is 309 g/mol. The second kappa shape index (κ2) is 7.34. The van der Waals surface area contributed by atoms with E-state index in [0.29, 0.717) is 31.7 Å². The molecule has 3 rings (SSSR count). The number of aromatic nitrogens is 2. The molecule has 0 aliphatic carbocycles. The molecule has 24 heavy (non-hydrogen) atoms. The van der Waals surface area contributed by atoms with E-state index in [1.54, 1.807) is 18.2 Å². The summed E-state index contributed by atoms with van der Waals surface area (Å²) in [6.45, 7) is 4.18. The van der Waals surface area contributed by atoms with E-state index in [2.05, 4.69) is 14.9 Å². The van der Waals surface area contributed by atoms with Crippen molar-refractivity contribution in [2.24, 2.45) is 0 Å². The van der Waals surface area contributed by atoms with E-state index in [9.17, 15) is 9.50 Å². The topological polar surface area (TPSA) is 58.5 Å². The number of morpholine rings is 1. The van der Waals surface area contributed by atoms with Crippen molar-refractivity contribution in [3.63, 3.8) is 0 Å². The fourth-order valence-electron chi connectivity index (χ4n) is 3.06. The Kier molecular flexibility index (Phi) is 5.18. The first-order valence-corrected chi connectivity index (χ1v) is 8.08. The number of halogens is 1. The van der Waals surface area contributed by atoms with E-state index in [0.717, 1.165) is 17.9 Å². The number of hydrogen-bond acceptors (Lipinski definition) is 5. The number of aliphatic hydroxyl groups is 1. The Morgan fingerprint density at radius 2 is 2.04 bits per heavy atom. The zero-order valence-corrected chi connectivity index (χ0v) is 13.8. The summed E-state index contributed by atoms with van der Waals surface area (Å²) in [6.07, 6.45) is 3.97. The predicted molar refractivity (Wildman–Crippen MR) is 87.9 cm³/mol. The Balaban J connectivity index is 1.72. The highest BCUT2D eigenvalue weighted by Gasteiger charge is 2.37. The summed E-state index contributed by atoms with van der Waals surface area (Å²) in [5.74, 6) is 0.475. The van der Waals surface area contributed by atoms with Crippen molar-refractivity contribution in [2.45, 2.75) is 25.5 Å². The first-order valence-electron chi connectivity index (χ1n) is 8.08. The predicted octanol–water partition coefficient (Wildman–Crippen LogP) is 1.73. The van der Waals surface area contributed by atoms with Crippen molar-refractivity contribution < 1.29 is 14.2 Å². The van der Waals surface area contributed by atoms with Crippen LogP contribution in [0.2, 0.25) is 0 Å². The van der Waals surface area contributed by atoms with Gasteiger partial charge in [-0.25, -0.2) is 14.4 Å². The zero-order chi connectivity index (χ0) is 17.0. The molecule has 1 saturated heterocycles. The average Bonchev–Trinajstić information content (AvgIpc) is 2.59. The molecule has 0 spiro atoms. The van der Waals surface area contributed by atoms with Gasteiger partial charge >= 0.3 is 0 Å². The van der Waals surface area contributed by atoms with Crippen LogP contribution in [0.4, 0.5) is 4.39 Å². The quantitative estimate of drug-likeness (QED) is 0.904. The third kappa shape index (κ3) is 3.95. The number of aryl methyl sites for hydroxylation is 1. The highest BCUT2D eigenvalue weighted by atomic mass is 19.1. The van der Waals surface area contributed by atoms with E-state index >= 15 is 0 Å². The number of aliphatic hydroxyl groups excluding tert-OH is 1. The van der Waals surface area contributed by atoms with Crippen molar-refractivity contribution in [1.29, 1.82) is 0 Å². The molecule has 5 nitrogen and oxygen atoms in total. The summed E-state index contributed by atoms with van der Waals surface area (Å²) in [5, 5.41) is 9.92. The van der Waals surface area contributed by atoms with E-state index in [1.807, 2.05) is 19.3 Å². The molecule has 1 aliphatic heterocycles. The normalized spacial score (nSPS) is 21.8. The van der Waals surface area contributed by atoms with Crippen LogP contribution in [0.3, 0.4) is 0 Å². The average molecular weight is 331 g/mol. The van der Waals surface area contributed by atoms with Crippen LogP contribution < -0.4 is 0 Å². The van der Waals surface area contributed by atoms with Crippen molar-refractivity contribution in [2.75, 3.05) is 26.3 Å². The summed E-state index contributed by atoms with van der Waals surface area (Å²) in [7, 11) is 0. The molecule has 128 valence electrons. The van der Waals surface area contributed by atoms with E-state index < -0.39 is 5.60 Å². The van der Waals surface area contributed by atoms with Crippen LogP contribution in [0.15, 0.2) is 36.7 Å². The maximum atomic E-state index is 14.0. The Hall–Kier alpha value is -1.89. The molecule has 6 heteroatoms. The smallest absolute Gasteiger partial charge is 0.126 e. The second-order valence-electron chi connectivity index (χ2n) is 6.31. The van der Waals surface area contributed by atoms with Gasteiger partial charge in [0.25, 0.3) is 0 Å². The summed E-state index contributed by atoms with van der Waals surface area (Å²) >= 11 is 0. The number of rotatable bonds is 5. The molecule has 0 radical (unpaired) electrons. The van der Waals surface area contributed by atoms with Gasteiger partial charge in [0.2, 0.25) is 0 Å². The second-order valence-corrected chi connectivity index (χ2v) is 6.31. The monoisotopic (exact) mass is 331 g/mol. The SMILES string of the molecule is Cc1ncc(CN2CCO[C@@](CO)(Cc3ccccc3F)C2)cn1. The van der Waals surface area contributed by atoms with Gasteiger partial charge < -0.3 is 9.84 Å². The molecule has 1 atom stereocenters. The maximum absolute atomic E-state index is 14.0. The van der Waals surface area contributed by atoms with Gasteiger partial charge in [0, 0.05) is 44.0 Å². The number of benzene rings is 1. The molecule has 0 unspecified atom stereocenters. The van der Waals surface area contributed by atoms with Crippen molar-refractivity contribution in [3.8, 4) is 0 Å². The van der Waals surface area contributed by atoms with Gasteiger partial charge in [0.1, 0.15) is 17.2 Å². The van der Waals surface area contributed by atoms with Gasteiger partial charge in [0.05, 0.1) is 13.2 Å². The minimum Gasteiger partial charge on any atom is -0.393 e. The zero-order valence-electron chi connectivity index (χ0n) is 13.8. The maximum Gasteiger partial charge on any atom is 0.126 e. The fourth-order valence-corrected chi connectivity index (χ4v) is 3.06. The van der Waals surface area contributed by atoms with Gasteiger partial charge in [-0.1, -0.05) is 18.2 Å². The first-order chi connectivity index (χ1) is 11.6. The summed E-state index contributed by atoms with van der Waals surface area (Å²) in [6, 6.07) is 6.64. The minimum atomic E-state index is -0.786. The molecule has 2 aromatic rings. The molecule has 1 N–H and O–H groups in total. The fraction of sp³-hybridized carbons (Fsp3) is 0.444. The molecule has 1 aliphatic rings. The lowest BCUT2D eigenvalue weighted by Crippen LogP contribution is -2.55. The molecule has 0 bridgehead atoms. The van der Waals surface area contributed by atoms with Crippen molar-refractivity contribution in [3.05, 3.63) is 59.4 Å². The Bertz CT molecular complexity index is 680. The minimum absolute atomic E-state index is 0.151. The molecule has 2 heterocycles. The molecular formula is C18H22FN3O2. The van der Waals surface area contributed by atoms with Crippen LogP contribution in [0.25, 0.3) is 0 Å². The van der Waals surface area contributed by atoms with Crippen LogP contribution >= 0.6 is 0 Å². The molecule has 1 fully saturated rings. The van der Waals surface area contributed by atoms with Crippen molar-refractivity contribution in [1.82, 2.24) is 14.9 Å². The summed E-state index contributed by atoms with van der Waals surface area (Å²) in [5.41, 5.74) is 0.790. The van der Waals surface area contributed by atoms with Gasteiger partial charge in [-0.05, 0) is 18.6 Å². The Labute approximate surface area is 141 Å². The number of hydrogen-bond donors (Lipinski definition) is 1. The summed E-state index contributed by atoms with van der Waals surface area (Å²) in [4.78, 5) is 10.6. The van der Waals surface area contributed by atoms with Gasteiger partial charge in [-0.15, -0.1) is 0 Å². The van der Waals surface area contributed by atoms with Crippen LogP contribution in [-0.4, -0.2) is 51.9 Å². The lowest BCUT2D eigenvalue weighted by Gasteiger charge is -2.42. The van der Waals surface area contributed by atoms with Crippen LogP contribution in [0, 0.1) is 12.7 Å². The molecule has 0 saturated carbocycles. The highest BCUT2D eigenvalue weighted by Crippen LogP contribution is 2.25. The van der Waals surface area contributed by atoms with E-state index in [-0.39, 0.29) is 12.4 Å². The molecule has 0 amide bonds. The third-order valence-corrected chi connectivity index (χ3v) is 4.33. The largest absolute Gasteiger partial charge is 0.393 e. The van der Waals surface area contributed by atoms with Gasteiger partial charge in [0.15, 0.2) is 0 Å². The van der Waals surface area contributed by atoms with Crippen LogP contribution in [-0.2, 0) is 17.7 Å². The van der Waals surface area contributed by atoms with E-state index in [4.69, 9.17) is 4.74 Å². The standard InChI is InChI=1S/C18H22FN3O2/c1-14-20-9-15(10-21-14)11-22-6-7-24-18(12-22,13-23)8-16-4-2-3-5-17(16)19/h2-5,9-10,23H,6-8,11-13H2,1H3/t18-/m0/s1. The lowest BCUT2D eigenvalue weighted by atomic mass is 9.92. The van der Waals surface area contributed by atoms with Gasteiger partial charge in [-0.2, -0.15) is 0 Å². The Morgan fingerprint density at radius 1 is 1.29 bits per heavy atom. The number of ether oxygens (including phenoxy) is 1. The van der Waals surface area contributed by atoms with E-state index in [1.165, 1.54) is 6.07 Å². The summed E-state index contributed by atoms with van der Waals surface area (Å²) < 4.78 is 19.8. The van der Waals surface area contributed by atoms with Crippen molar-refractivity contribution >= 4 is 0 Å². The van der Waals surface area contributed by atoms with Crippen LogP contribution in [0.5, 0.6) is 0 Å². The molecule has 1 aromatic heterocycles. The number of nitrogens with zero attached hydrogens (tertiary/aromatic N) is 3. The molecule has 1 aromatic carbocycles. The third-order valence-electron chi connectivity index (χ3n) is 4.33. The Morgan fingerprint density at radius 3 is 2.75 bits per heavy atom. The van der Waals surface area contributed by atoms with Gasteiger partial charge in [-0.3, -0.25) is 4.90 Å². The van der Waals surface area contributed by atoms with Crippen LogP contribution in [0.1, 0.15) is 17.0 Å². The highest BCUT2D eigenvalue weighted by molar-refractivity contribution is 5.20.